The molecule has 2 aromatic rings. The maximum absolute atomic E-state index is 12.6. The Morgan fingerprint density at radius 2 is 2.24 bits per heavy atom. The van der Waals surface area contributed by atoms with E-state index >= 15 is 0 Å². The van der Waals surface area contributed by atoms with Gasteiger partial charge in [-0.25, -0.2) is 0 Å². The van der Waals surface area contributed by atoms with Crippen LogP contribution in [0.5, 0.6) is 0 Å². The topological polar surface area (TPSA) is 42.0 Å². The largest absolute Gasteiger partial charge is 0.324 e. The molecule has 1 N–H and O–H groups in total. The molecule has 1 atom stereocenters. The summed E-state index contributed by atoms with van der Waals surface area (Å²) in [6, 6.07) is 7.88. The molecule has 0 bridgehead atoms. The van der Waals surface area contributed by atoms with E-state index in [1.807, 2.05) is 24.3 Å². The van der Waals surface area contributed by atoms with Crippen molar-refractivity contribution in [3.8, 4) is 0 Å². The van der Waals surface area contributed by atoms with Gasteiger partial charge in [-0.1, -0.05) is 32.4 Å². The molecule has 1 aromatic carbocycles. The number of rotatable bonds is 2. The Kier molecular flexibility index (Phi) is 3.74. The number of halogens is 1. The van der Waals surface area contributed by atoms with E-state index < -0.39 is 0 Å². The molecule has 1 heterocycles. The van der Waals surface area contributed by atoms with Crippen LogP contribution in [0.1, 0.15) is 33.1 Å². The number of anilines is 1. The second kappa shape index (κ2) is 5.41. The molecule has 21 heavy (non-hydrogen) atoms. The molecule has 1 fully saturated rings. The van der Waals surface area contributed by atoms with Crippen molar-refractivity contribution in [3.05, 3.63) is 34.9 Å². The zero-order chi connectivity index (χ0) is 15.0. The number of carbonyl (C=O) groups is 1. The summed E-state index contributed by atoms with van der Waals surface area (Å²) in [5.41, 5.74) is 1.73. The van der Waals surface area contributed by atoms with Crippen LogP contribution in [-0.4, -0.2) is 10.9 Å². The minimum Gasteiger partial charge on any atom is -0.324 e. The van der Waals surface area contributed by atoms with E-state index in [1.54, 1.807) is 6.20 Å². The monoisotopic (exact) mass is 346 g/mol. The quantitative estimate of drug-likeness (QED) is 0.851. The number of carbonyl (C=O) groups excluding carboxylic acids is 1. The molecule has 1 amide bonds. The lowest BCUT2D eigenvalue weighted by molar-refractivity contribution is -0.122. The molecule has 1 saturated carbocycles. The van der Waals surface area contributed by atoms with Crippen molar-refractivity contribution in [1.82, 2.24) is 4.98 Å². The van der Waals surface area contributed by atoms with Crippen molar-refractivity contribution in [2.24, 2.45) is 11.3 Å². The summed E-state index contributed by atoms with van der Waals surface area (Å²) >= 11 is 3.43. The van der Waals surface area contributed by atoms with Crippen LogP contribution in [-0.2, 0) is 4.79 Å². The fourth-order valence-electron chi connectivity index (χ4n) is 3.27. The molecule has 1 aliphatic rings. The lowest BCUT2D eigenvalue weighted by atomic mass is 9.81. The number of pyridine rings is 1. The van der Waals surface area contributed by atoms with Gasteiger partial charge in [-0.05, 0) is 46.3 Å². The number of hydrogen-bond acceptors (Lipinski definition) is 2. The molecule has 3 nitrogen and oxygen atoms in total. The van der Waals surface area contributed by atoms with Crippen molar-refractivity contribution in [2.75, 3.05) is 5.32 Å². The number of nitrogens with one attached hydrogen (secondary N) is 1. The fourth-order valence-corrected chi connectivity index (χ4v) is 3.62. The van der Waals surface area contributed by atoms with E-state index in [0.717, 1.165) is 40.3 Å². The number of amides is 1. The van der Waals surface area contributed by atoms with Crippen LogP contribution in [0.15, 0.2) is 34.9 Å². The number of nitrogens with zero attached hydrogens (tertiary/aromatic N) is 1. The smallest absolute Gasteiger partial charge is 0.228 e. The predicted molar refractivity (Wildman–Crippen MR) is 89.2 cm³/mol. The third-order valence-corrected chi connectivity index (χ3v) is 4.94. The minimum absolute atomic E-state index is 0.0863. The number of hydrogen-bond donors (Lipinski definition) is 1. The maximum Gasteiger partial charge on any atom is 0.228 e. The second-order valence-corrected chi connectivity index (χ2v) is 7.37. The summed E-state index contributed by atoms with van der Waals surface area (Å²) in [6.07, 6.45) is 4.98. The molecule has 0 radical (unpaired) electrons. The van der Waals surface area contributed by atoms with Crippen molar-refractivity contribution >= 4 is 38.4 Å². The second-order valence-electron chi connectivity index (χ2n) is 6.45. The Morgan fingerprint density at radius 3 is 2.95 bits per heavy atom. The SMILES string of the molecule is CC1(C)CCCC1C(=O)Nc1cccc2cc(Br)cnc12. The predicted octanol–water partition coefficient (Wildman–Crippen LogP) is 4.76. The third-order valence-electron chi connectivity index (χ3n) is 4.51. The molecular formula is C17H19BrN2O. The van der Waals surface area contributed by atoms with Crippen LogP contribution in [0.4, 0.5) is 5.69 Å². The lowest BCUT2D eigenvalue weighted by Crippen LogP contribution is -2.30. The van der Waals surface area contributed by atoms with Gasteiger partial charge >= 0.3 is 0 Å². The molecule has 1 aromatic heterocycles. The lowest BCUT2D eigenvalue weighted by Gasteiger charge is -2.26. The molecule has 4 heteroatoms. The molecule has 3 rings (SSSR count). The number of aromatic nitrogens is 1. The number of fused-ring (bicyclic) bond motifs is 1. The van der Waals surface area contributed by atoms with Crippen LogP contribution in [0.3, 0.4) is 0 Å². The highest BCUT2D eigenvalue weighted by Crippen LogP contribution is 2.43. The average molecular weight is 347 g/mol. The van der Waals surface area contributed by atoms with Gasteiger partial charge in [-0.3, -0.25) is 9.78 Å². The Labute approximate surface area is 133 Å². The molecule has 1 unspecified atom stereocenters. The Bertz CT molecular complexity index is 696. The van der Waals surface area contributed by atoms with E-state index in [-0.39, 0.29) is 17.2 Å². The highest BCUT2D eigenvalue weighted by Gasteiger charge is 2.39. The van der Waals surface area contributed by atoms with Crippen molar-refractivity contribution in [3.63, 3.8) is 0 Å². The summed E-state index contributed by atoms with van der Waals surface area (Å²) in [4.78, 5) is 17.0. The first-order chi connectivity index (χ1) is 9.97. The summed E-state index contributed by atoms with van der Waals surface area (Å²) in [7, 11) is 0. The first-order valence-electron chi connectivity index (χ1n) is 7.32. The highest BCUT2D eigenvalue weighted by atomic mass is 79.9. The Balaban J connectivity index is 1.90. The molecule has 110 valence electrons. The van der Waals surface area contributed by atoms with Crippen molar-refractivity contribution in [2.45, 2.75) is 33.1 Å². The van der Waals surface area contributed by atoms with Crippen LogP contribution >= 0.6 is 15.9 Å². The van der Waals surface area contributed by atoms with Gasteiger partial charge < -0.3 is 5.32 Å². The molecule has 1 aliphatic carbocycles. The van der Waals surface area contributed by atoms with E-state index in [2.05, 4.69) is 40.1 Å². The number of benzene rings is 1. The molecule has 0 saturated heterocycles. The zero-order valence-electron chi connectivity index (χ0n) is 12.3. The standard InChI is InChI=1S/C17H19BrN2O/c1-17(2)8-4-6-13(17)16(21)20-14-7-3-5-11-9-12(18)10-19-15(11)14/h3,5,7,9-10,13H,4,6,8H2,1-2H3,(H,20,21). The number of para-hydroxylation sites is 1. The first-order valence-corrected chi connectivity index (χ1v) is 8.12. The minimum atomic E-state index is 0.0863. The highest BCUT2D eigenvalue weighted by molar-refractivity contribution is 9.10. The molecule has 0 aliphatic heterocycles. The van der Waals surface area contributed by atoms with Crippen LogP contribution in [0.2, 0.25) is 0 Å². The van der Waals surface area contributed by atoms with Gasteiger partial charge in [-0.2, -0.15) is 0 Å². The Morgan fingerprint density at radius 1 is 1.43 bits per heavy atom. The summed E-state index contributed by atoms with van der Waals surface area (Å²) in [5, 5.41) is 4.11. The molecular weight excluding hydrogens is 328 g/mol. The average Bonchev–Trinajstić information content (AvgIpc) is 2.78. The van der Waals surface area contributed by atoms with Crippen LogP contribution in [0, 0.1) is 11.3 Å². The van der Waals surface area contributed by atoms with Gasteiger partial charge in [0.05, 0.1) is 11.2 Å². The van der Waals surface area contributed by atoms with E-state index in [4.69, 9.17) is 0 Å². The van der Waals surface area contributed by atoms with Gasteiger partial charge in [-0.15, -0.1) is 0 Å². The van der Waals surface area contributed by atoms with Gasteiger partial charge in [0.15, 0.2) is 0 Å². The normalized spacial score (nSPS) is 20.6. The summed E-state index contributed by atoms with van der Waals surface area (Å²) < 4.78 is 0.940. The first kappa shape index (κ1) is 14.5. The van der Waals surface area contributed by atoms with Crippen molar-refractivity contribution < 1.29 is 4.79 Å². The third kappa shape index (κ3) is 2.82. The van der Waals surface area contributed by atoms with Crippen LogP contribution < -0.4 is 5.32 Å². The van der Waals surface area contributed by atoms with Gasteiger partial charge in [0, 0.05) is 22.0 Å². The Hall–Kier alpha value is -1.42. The maximum atomic E-state index is 12.6. The van der Waals surface area contributed by atoms with Gasteiger partial charge in [0.25, 0.3) is 0 Å². The summed E-state index contributed by atoms with van der Waals surface area (Å²) in [6.45, 7) is 4.37. The van der Waals surface area contributed by atoms with Crippen LogP contribution in [0.25, 0.3) is 10.9 Å². The fraction of sp³-hybridized carbons (Fsp3) is 0.412. The van der Waals surface area contributed by atoms with E-state index in [0.29, 0.717) is 0 Å². The van der Waals surface area contributed by atoms with Crippen molar-refractivity contribution in [1.29, 1.82) is 0 Å². The van der Waals surface area contributed by atoms with Gasteiger partial charge in [0.2, 0.25) is 5.91 Å². The zero-order valence-corrected chi connectivity index (χ0v) is 13.9. The van der Waals surface area contributed by atoms with E-state index in [9.17, 15) is 4.79 Å². The molecule has 0 spiro atoms. The van der Waals surface area contributed by atoms with E-state index in [1.165, 1.54) is 0 Å². The van der Waals surface area contributed by atoms with Gasteiger partial charge in [0.1, 0.15) is 0 Å². The summed E-state index contributed by atoms with van der Waals surface area (Å²) in [5.74, 6) is 0.206.